The Bertz CT molecular complexity index is 514. The van der Waals surface area contributed by atoms with E-state index in [1.807, 2.05) is 4.57 Å². The monoisotopic (exact) mass is 347 g/mol. The molecule has 0 saturated carbocycles. The van der Waals surface area contributed by atoms with Crippen molar-refractivity contribution in [1.29, 1.82) is 0 Å². The van der Waals surface area contributed by atoms with Gasteiger partial charge in [-0.2, -0.15) is 0 Å². The van der Waals surface area contributed by atoms with Crippen LogP contribution in [0.1, 0.15) is 51.9 Å². The van der Waals surface area contributed by atoms with Crippen molar-refractivity contribution in [2.24, 2.45) is 4.99 Å². The summed E-state index contributed by atoms with van der Waals surface area (Å²) in [5.74, 6) is 0.986. The van der Waals surface area contributed by atoms with E-state index in [2.05, 4.69) is 39.7 Å². The SMILES string of the molecule is CCNC(=NCCCCn1cnnc1)NC1CC2CCCC(C1)N2C. The van der Waals surface area contributed by atoms with Gasteiger partial charge in [0.1, 0.15) is 12.7 Å². The molecule has 2 aliphatic heterocycles. The zero-order chi connectivity index (χ0) is 17.5. The molecule has 0 aliphatic carbocycles. The highest BCUT2D eigenvalue weighted by Crippen LogP contribution is 2.32. The van der Waals surface area contributed by atoms with E-state index in [1.54, 1.807) is 12.7 Å². The second-order valence-electron chi connectivity index (χ2n) is 7.38. The van der Waals surface area contributed by atoms with Crippen molar-refractivity contribution >= 4 is 5.96 Å². The van der Waals surface area contributed by atoms with Crippen molar-refractivity contribution in [3.05, 3.63) is 12.7 Å². The van der Waals surface area contributed by atoms with Crippen molar-refractivity contribution in [2.75, 3.05) is 20.1 Å². The molecule has 0 radical (unpaired) electrons. The topological polar surface area (TPSA) is 70.4 Å². The summed E-state index contributed by atoms with van der Waals surface area (Å²) in [4.78, 5) is 7.39. The van der Waals surface area contributed by atoms with E-state index >= 15 is 0 Å². The Kier molecular flexibility index (Phi) is 6.67. The number of aliphatic imine (C=N–C) groups is 1. The summed E-state index contributed by atoms with van der Waals surface area (Å²) in [6.45, 7) is 4.86. The molecule has 7 nitrogen and oxygen atoms in total. The Hall–Kier alpha value is -1.63. The quantitative estimate of drug-likeness (QED) is 0.446. The molecule has 2 unspecified atom stereocenters. The molecule has 25 heavy (non-hydrogen) atoms. The van der Waals surface area contributed by atoms with E-state index in [4.69, 9.17) is 4.99 Å². The number of hydrogen-bond acceptors (Lipinski definition) is 4. The first-order valence-electron chi connectivity index (χ1n) is 9.85. The number of aromatic nitrogens is 3. The zero-order valence-electron chi connectivity index (χ0n) is 15.7. The fourth-order valence-corrected chi connectivity index (χ4v) is 4.18. The molecule has 2 atom stereocenters. The normalized spacial score (nSPS) is 27.3. The van der Waals surface area contributed by atoms with Crippen LogP contribution in [0.4, 0.5) is 0 Å². The molecule has 7 heteroatoms. The lowest BCUT2D eigenvalue weighted by molar-refractivity contribution is 0.0526. The summed E-state index contributed by atoms with van der Waals surface area (Å²) in [5, 5.41) is 14.8. The molecule has 2 aliphatic rings. The Labute approximate surface area is 151 Å². The van der Waals surface area contributed by atoms with Crippen molar-refractivity contribution in [2.45, 2.75) is 76.5 Å². The molecule has 2 saturated heterocycles. The molecule has 0 spiro atoms. The first-order chi connectivity index (χ1) is 12.3. The minimum absolute atomic E-state index is 0.557. The van der Waals surface area contributed by atoms with E-state index < -0.39 is 0 Å². The smallest absolute Gasteiger partial charge is 0.191 e. The number of guanidine groups is 1. The molecule has 140 valence electrons. The lowest BCUT2D eigenvalue weighted by Crippen LogP contribution is -2.56. The van der Waals surface area contributed by atoms with Crippen LogP contribution in [0, 0.1) is 0 Å². The summed E-state index contributed by atoms with van der Waals surface area (Å²) in [6, 6.07) is 2.05. The fourth-order valence-electron chi connectivity index (χ4n) is 4.18. The van der Waals surface area contributed by atoms with Crippen molar-refractivity contribution in [3.8, 4) is 0 Å². The van der Waals surface area contributed by atoms with Gasteiger partial charge in [-0.1, -0.05) is 6.42 Å². The molecule has 2 bridgehead atoms. The van der Waals surface area contributed by atoms with Crippen LogP contribution in [-0.4, -0.2) is 63.9 Å². The molecule has 2 fully saturated rings. The summed E-state index contributed by atoms with van der Waals surface area (Å²) in [5.41, 5.74) is 0. The Morgan fingerprint density at radius 1 is 1.16 bits per heavy atom. The third-order valence-corrected chi connectivity index (χ3v) is 5.59. The third kappa shape index (κ3) is 5.17. The predicted octanol–water partition coefficient (Wildman–Crippen LogP) is 1.63. The Morgan fingerprint density at radius 2 is 1.88 bits per heavy atom. The second-order valence-corrected chi connectivity index (χ2v) is 7.38. The van der Waals surface area contributed by atoms with Crippen LogP contribution >= 0.6 is 0 Å². The fraction of sp³-hybridized carbons (Fsp3) is 0.833. The molecule has 3 heterocycles. The van der Waals surface area contributed by atoms with Gasteiger partial charge in [0.25, 0.3) is 0 Å². The number of nitrogens with zero attached hydrogens (tertiary/aromatic N) is 5. The highest BCUT2D eigenvalue weighted by molar-refractivity contribution is 5.80. The lowest BCUT2D eigenvalue weighted by atomic mass is 9.82. The maximum Gasteiger partial charge on any atom is 0.191 e. The molecular weight excluding hydrogens is 314 g/mol. The van der Waals surface area contributed by atoms with E-state index in [-0.39, 0.29) is 0 Å². The molecule has 1 aromatic heterocycles. The van der Waals surface area contributed by atoms with Gasteiger partial charge in [0.2, 0.25) is 0 Å². The number of piperidine rings is 2. The lowest BCUT2D eigenvalue weighted by Gasteiger charge is -2.47. The average molecular weight is 348 g/mol. The number of hydrogen-bond donors (Lipinski definition) is 2. The van der Waals surface area contributed by atoms with Gasteiger partial charge in [0.15, 0.2) is 5.96 Å². The van der Waals surface area contributed by atoms with Crippen LogP contribution in [0.3, 0.4) is 0 Å². The number of aryl methyl sites for hydroxylation is 1. The highest BCUT2D eigenvalue weighted by atomic mass is 15.2. The standard InChI is InChI=1S/C18H33N7/c1-3-19-18(20-9-4-5-10-25-13-21-22-14-25)23-15-11-16-7-6-8-17(12-15)24(16)2/h13-17H,3-12H2,1-2H3,(H2,19,20,23). The zero-order valence-corrected chi connectivity index (χ0v) is 15.7. The molecule has 0 aromatic carbocycles. The summed E-state index contributed by atoms with van der Waals surface area (Å²) >= 11 is 0. The van der Waals surface area contributed by atoms with Crippen LogP contribution in [0.5, 0.6) is 0 Å². The number of rotatable bonds is 7. The first-order valence-corrected chi connectivity index (χ1v) is 9.85. The minimum atomic E-state index is 0.557. The number of fused-ring (bicyclic) bond motifs is 2. The van der Waals surface area contributed by atoms with Gasteiger partial charge in [0, 0.05) is 37.8 Å². The van der Waals surface area contributed by atoms with Crippen LogP contribution < -0.4 is 10.6 Å². The average Bonchev–Trinajstić information content (AvgIpc) is 3.09. The van der Waals surface area contributed by atoms with Crippen molar-refractivity contribution in [1.82, 2.24) is 30.3 Å². The minimum Gasteiger partial charge on any atom is -0.357 e. The van der Waals surface area contributed by atoms with E-state index in [1.165, 1.54) is 32.1 Å². The summed E-state index contributed by atoms with van der Waals surface area (Å²) < 4.78 is 2.02. The Balaban J connectivity index is 1.44. The van der Waals surface area contributed by atoms with Gasteiger partial charge in [0.05, 0.1) is 0 Å². The number of nitrogens with one attached hydrogen (secondary N) is 2. The van der Waals surface area contributed by atoms with Gasteiger partial charge < -0.3 is 20.1 Å². The molecular formula is C18H33N7. The molecule has 0 amide bonds. The largest absolute Gasteiger partial charge is 0.357 e. The maximum absolute atomic E-state index is 4.78. The highest BCUT2D eigenvalue weighted by Gasteiger charge is 2.36. The van der Waals surface area contributed by atoms with E-state index in [0.717, 1.165) is 50.5 Å². The van der Waals surface area contributed by atoms with Gasteiger partial charge in [-0.15, -0.1) is 10.2 Å². The van der Waals surface area contributed by atoms with Gasteiger partial charge in [-0.05, 0) is 52.5 Å². The summed E-state index contributed by atoms with van der Waals surface area (Å²) in [7, 11) is 2.31. The van der Waals surface area contributed by atoms with Crippen molar-refractivity contribution < 1.29 is 0 Å². The van der Waals surface area contributed by atoms with Gasteiger partial charge in [-0.3, -0.25) is 4.99 Å². The van der Waals surface area contributed by atoms with E-state index in [9.17, 15) is 0 Å². The van der Waals surface area contributed by atoms with E-state index in [0.29, 0.717) is 6.04 Å². The second kappa shape index (κ2) is 9.17. The first kappa shape index (κ1) is 18.2. The van der Waals surface area contributed by atoms with Crippen molar-refractivity contribution in [3.63, 3.8) is 0 Å². The van der Waals surface area contributed by atoms with Crippen LogP contribution in [-0.2, 0) is 6.54 Å². The molecule has 2 N–H and O–H groups in total. The third-order valence-electron chi connectivity index (χ3n) is 5.59. The van der Waals surface area contributed by atoms with Crippen LogP contribution in [0.25, 0.3) is 0 Å². The van der Waals surface area contributed by atoms with Crippen LogP contribution in [0.15, 0.2) is 17.6 Å². The van der Waals surface area contributed by atoms with Gasteiger partial charge >= 0.3 is 0 Å². The number of unbranched alkanes of at least 4 members (excludes halogenated alkanes) is 1. The summed E-state index contributed by atoms with van der Waals surface area (Å²) in [6.07, 6.45) is 12.3. The Morgan fingerprint density at radius 3 is 2.56 bits per heavy atom. The molecule has 1 aromatic rings. The predicted molar refractivity (Wildman–Crippen MR) is 101 cm³/mol. The molecule has 3 rings (SSSR count). The maximum atomic E-state index is 4.78. The van der Waals surface area contributed by atoms with Crippen LogP contribution in [0.2, 0.25) is 0 Å². The van der Waals surface area contributed by atoms with Gasteiger partial charge in [-0.25, -0.2) is 0 Å².